The molecule has 0 aliphatic carbocycles. The van der Waals surface area contributed by atoms with Crippen LogP contribution < -0.4 is 10.6 Å². The minimum Gasteiger partial charge on any atom is -0.480 e. The van der Waals surface area contributed by atoms with Gasteiger partial charge in [-0.05, 0) is 6.42 Å². The van der Waals surface area contributed by atoms with Gasteiger partial charge in [-0.25, -0.2) is 0 Å². The molecule has 5 nitrogen and oxygen atoms in total. The highest BCUT2D eigenvalue weighted by atomic mass is 16.4. The van der Waals surface area contributed by atoms with Crippen LogP contribution in [-0.2, 0) is 9.59 Å². The van der Waals surface area contributed by atoms with Gasteiger partial charge in [-0.1, -0.05) is 26.2 Å². The number of hydrogen-bond donors (Lipinski definition) is 3. The molecule has 5 heteroatoms. The highest BCUT2D eigenvalue weighted by Gasteiger charge is 2.00. The molecule has 0 rings (SSSR count). The van der Waals surface area contributed by atoms with Crippen molar-refractivity contribution in [3.8, 4) is 0 Å². The van der Waals surface area contributed by atoms with Gasteiger partial charge >= 0.3 is 5.97 Å². The van der Waals surface area contributed by atoms with Crippen LogP contribution in [0.5, 0.6) is 0 Å². The van der Waals surface area contributed by atoms with Crippen LogP contribution in [0.1, 0.15) is 39.0 Å². The van der Waals surface area contributed by atoms with E-state index in [-0.39, 0.29) is 19.1 Å². The van der Waals surface area contributed by atoms with Crippen molar-refractivity contribution in [3.05, 3.63) is 0 Å². The molecule has 0 aliphatic heterocycles. The third kappa shape index (κ3) is 10.8. The monoisotopic (exact) mass is 216 g/mol. The summed E-state index contributed by atoms with van der Waals surface area (Å²) in [6, 6.07) is 0. The summed E-state index contributed by atoms with van der Waals surface area (Å²) < 4.78 is 0. The summed E-state index contributed by atoms with van der Waals surface area (Å²) in [5, 5.41) is 13.5. The summed E-state index contributed by atoms with van der Waals surface area (Å²) in [6.07, 6.45) is 4.81. The maximum Gasteiger partial charge on any atom is 0.317 e. The zero-order valence-electron chi connectivity index (χ0n) is 9.21. The van der Waals surface area contributed by atoms with Gasteiger partial charge in [-0.15, -0.1) is 0 Å². The van der Waals surface area contributed by atoms with Crippen molar-refractivity contribution in [1.29, 1.82) is 0 Å². The maximum absolute atomic E-state index is 11.2. The quantitative estimate of drug-likeness (QED) is 0.391. The first-order valence-electron chi connectivity index (χ1n) is 5.36. The summed E-state index contributed by atoms with van der Waals surface area (Å²) in [5.41, 5.74) is 0. The lowest BCUT2D eigenvalue weighted by molar-refractivity contribution is -0.136. The van der Waals surface area contributed by atoms with Crippen LogP contribution in [0.2, 0.25) is 0 Å². The number of carboxylic acids is 1. The highest BCUT2D eigenvalue weighted by molar-refractivity contribution is 5.75. The molecule has 88 valence electrons. The van der Waals surface area contributed by atoms with Crippen molar-refractivity contribution < 1.29 is 14.7 Å². The van der Waals surface area contributed by atoms with Crippen LogP contribution in [0.25, 0.3) is 0 Å². The fourth-order valence-corrected chi connectivity index (χ4v) is 1.13. The number of hydrogen-bond acceptors (Lipinski definition) is 3. The van der Waals surface area contributed by atoms with E-state index in [9.17, 15) is 9.59 Å². The van der Waals surface area contributed by atoms with E-state index < -0.39 is 5.97 Å². The Morgan fingerprint density at radius 2 is 1.93 bits per heavy atom. The third-order valence-corrected chi connectivity index (χ3v) is 1.94. The van der Waals surface area contributed by atoms with Crippen molar-refractivity contribution in [3.63, 3.8) is 0 Å². The molecule has 0 aliphatic rings. The number of carboxylic acid groups (broad SMARTS) is 1. The Hall–Kier alpha value is -1.10. The molecule has 0 atom stereocenters. The van der Waals surface area contributed by atoms with Gasteiger partial charge in [-0.3, -0.25) is 14.9 Å². The molecule has 1 amide bonds. The molecule has 0 saturated heterocycles. The molecule has 0 unspecified atom stereocenters. The van der Waals surface area contributed by atoms with E-state index >= 15 is 0 Å². The predicted octanol–water partition coefficient (Wildman–Crippen LogP) is 0.705. The van der Waals surface area contributed by atoms with E-state index in [0.717, 1.165) is 25.7 Å². The number of carbonyl (C=O) groups is 2. The molecule has 0 aromatic rings. The molecule has 3 N–H and O–H groups in total. The number of amides is 1. The lowest BCUT2D eigenvalue weighted by Gasteiger charge is -2.04. The number of unbranched alkanes of at least 4 members (excludes halogenated alkanes) is 3. The number of nitrogens with one attached hydrogen (secondary N) is 2. The standard InChI is InChI=1S/C10H20N2O3/c1-2-3-4-5-6-9(13)12-8-11-7-10(14)15/h11H,2-8H2,1H3,(H,12,13)(H,14,15). The molecule has 0 aromatic heterocycles. The van der Waals surface area contributed by atoms with E-state index in [0.29, 0.717) is 6.42 Å². The maximum atomic E-state index is 11.2. The minimum atomic E-state index is -0.924. The summed E-state index contributed by atoms with van der Waals surface area (Å²) in [7, 11) is 0. The molecule has 15 heavy (non-hydrogen) atoms. The van der Waals surface area contributed by atoms with Crippen LogP contribution in [0.15, 0.2) is 0 Å². The molecule has 0 saturated carbocycles. The zero-order chi connectivity index (χ0) is 11.5. The van der Waals surface area contributed by atoms with Gasteiger partial charge in [0.15, 0.2) is 0 Å². The predicted molar refractivity (Wildman–Crippen MR) is 57.4 cm³/mol. The number of aliphatic carboxylic acids is 1. The molecule has 0 aromatic carbocycles. The first-order valence-corrected chi connectivity index (χ1v) is 5.36. The lowest BCUT2D eigenvalue weighted by Crippen LogP contribution is -2.36. The lowest BCUT2D eigenvalue weighted by atomic mass is 10.1. The van der Waals surface area contributed by atoms with Crippen LogP contribution in [0, 0.1) is 0 Å². The van der Waals surface area contributed by atoms with Gasteiger partial charge < -0.3 is 10.4 Å². The first-order chi connectivity index (χ1) is 7.16. The highest BCUT2D eigenvalue weighted by Crippen LogP contribution is 2.01. The molecular weight excluding hydrogens is 196 g/mol. The van der Waals surface area contributed by atoms with Crippen molar-refractivity contribution >= 4 is 11.9 Å². The Balaban J connectivity index is 3.22. The average Bonchev–Trinajstić information content (AvgIpc) is 2.19. The van der Waals surface area contributed by atoms with Crippen LogP contribution in [0.4, 0.5) is 0 Å². The molecular formula is C10H20N2O3. The van der Waals surface area contributed by atoms with Crippen molar-refractivity contribution in [2.45, 2.75) is 39.0 Å². The second kappa shape index (κ2) is 9.45. The molecule has 0 fully saturated rings. The Morgan fingerprint density at radius 1 is 1.20 bits per heavy atom. The molecule has 0 bridgehead atoms. The van der Waals surface area contributed by atoms with Gasteiger partial charge in [0.2, 0.25) is 5.91 Å². The second-order valence-corrected chi connectivity index (χ2v) is 3.41. The van der Waals surface area contributed by atoms with Gasteiger partial charge in [0.1, 0.15) is 0 Å². The van der Waals surface area contributed by atoms with Crippen LogP contribution >= 0.6 is 0 Å². The van der Waals surface area contributed by atoms with E-state index in [1.165, 1.54) is 0 Å². The second-order valence-electron chi connectivity index (χ2n) is 3.41. The Bertz CT molecular complexity index is 195. The van der Waals surface area contributed by atoms with Gasteiger partial charge in [0.05, 0.1) is 13.2 Å². The smallest absolute Gasteiger partial charge is 0.317 e. The van der Waals surface area contributed by atoms with Crippen molar-refractivity contribution in [1.82, 2.24) is 10.6 Å². The Kier molecular flexibility index (Phi) is 8.76. The average molecular weight is 216 g/mol. The fraction of sp³-hybridized carbons (Fsp3) is 0.800. The summed E-state index contributed by atoms with van der Waals surface area (Å²) in [4.78, 5) is 21.3. The van der Waals surface area contributed by atoms with Crippen molar-refractivity contribution in [2.24, 2.45) is 0 Å². The molecule has 0 spiro atoms. The van der Waals surface area contributed by atoms with Crippen molar-refractivity contribution in [2.75, 3.05) is 13.2 Å². The first kappa shape index (κ1) is 13.9. The van der Waals surface area contributed by atoms with E-state index in [1.54, 1.807) is 0 Å². The van der Waals surface area contributed by atoms with Gasteiger partial charge in [0, 0.05) is 6.42 Å². The SMILES string of the molecule is CCCCCCC(=O)NCNCC(=O)O. The Labute approximate surface area is 90.2 Å². The van der Waals surface area contributed by atoms with Gasteiger partial charge in [-0.2, -0.15) is 0 Å². The third-order valence-electron chi connectivity index (χ3n) is 1.94. The normalized spacial score (nSPS) is 9.93. The summed E-state index contributed by atoms with van der Waals surface area (Å²) >= 11 is 0. The summed E-state index contributed by atoms with van der Waals surface area (Å²) in [5.74, 6) is -0.948. The van der Waals surface area contributed by atoms with Crippen LogP contribution in [-0.4, -0.2) is 30.2 Å². The van der Waals surface area contributed by atoms with E-state index in [2.05, 4.69) is 17.6 Å². The van der Waals surface area contributed by atoms with Gasteiger partial charge in [0.25, 0.3) is 0 Å². The van der Waals surface area contributed by atoms with Crippen LogP contribution in [0.3, 0.4) is 0 Å². The largest absolute Gasteiger partial charge is 0.480 e. The minimum absolute atomic E-state index is 0.0241. The molecule has 0 radical (unpaired) electrons. The topological polar surface area (TPSA) is 78.4 Å². The fourth-order valence-electron chi connectivity index (χ4n) is 1.13. The number of rotatable bonds is 9. The van der Waals surface area contributed by atoms with E-state index in [4.69, 9.17) is 5.11 Å². The Morgan fingerprint density at radius 3 is 2.53 bits per heavy atom. The van der Waals surface area contributed by atoms with E-state index in [1.807, 2.05) is 0 Å². The summed E-state index contributed by atoms with van der Waals surface area (Å²) in [6.45, 7) is 2.21. The number of carbonyl (C=O) groups excluding carboxylic acids is 1. The molecule has 0 heterocycles. The zero-order valence-corrected chi connectivity index (χ0v) is 9.21.